The SMILES string of the molecule is Cc1nn(C)c(C)c1C(=O)N1CCC(c2ccc3c(c2)CCO3)C1. The molecule has 3 heterocycles. The van der Waals surface area contributed by atoms with Gasteiger partial charge in [0, 0.05) is 38.2 Å². The molecule has 0 saturated carbocycles. The quantitative estimate of drug-likeness (QED) is 0.853. The molecule has 126 valence electrons. The number of hydrogen-bond donors (Lipinski definition) is 0. The van der Waals surface area contributed by atoms with E-state index in [4.69, 9.17) is 4.74 Å². The topological polar surface area (TPSA) is 47.4 Å². The number of ether oxygens (including phenoxy) is 1. The molecule has 1 saturated heterocycles. The van der Waals surface area contributed by atoms with Crippen LogP contribution in [0.2, 0.25) is 0 Å². The number of fused-ring (bicyclic) bond motifs is 1. The Hall–Kier alpha value is -2.30. The highest BCUT2D eigenvalue weighted by atomic mass is 16.5. The summed E-state index contributed by atoms with van der Waals surface area (Å²) in [6.07, 6.45) is 2.01. The second-order valence-electron chi connectivity index (χ2n) is 6.87. The van der Waals surface area contributed by atoms with Gasteiger partial charge < -0.3 is 9.64 Å². The summed E-state index contributed by atoms with van der Waals surface area (Å²) >= 11 is 0. The average molecular weight is 325 g/mol. The van der Waals surface area contributed by atoms with Crippen molar-refractivity contribution in [2.75, 3.05) is 19.7 Å². The molecule has 0 N–H and O–H groups in total. The van der Waals surface area contributed by atoms with Crippen molar-refractivity contribution in [3.05, 3.63) is 46.3 Å². The molecule has 4 rings (SSSR count). The first-order chi connectivity index (χ1) is 11.5. The van der Waals surface area contributed by atoms with Gasteiger partial charge in [0.1, 0.15) is 5.75 Å². The van der Waals surface area contributed by atoms with Crippen molar-refractivity contribution in [1.82, 2.24) is 14.7 Å². The number of rotatable bonds is 2. The predicted octanol–water partition coefficient (Wildman–Crippen LogP) is 2.60. The molecule has 1 atom stereocenters. The van der Waals surface area contributed by atoms with Crippen LogP contribution < -0.4 is 4.74 Å². The van der Waals surface area contributed by atoms with Gasteiger partial charge in [0.05, 0.1) is 17.9 Å². The molecule has 2 aliphatic heterocycles. The summed E-state index contributed by atoms with van der Waals surface area (Å²) in [6, 6.07) is 6.50. The van der Waals surface area contributed by atoms with Crippen LogP contribution >= 0.6 is 0 Å². The molecule has 0 aliphatic carbocycles. The third kappa shape index (κ3) is 2.39. The van der Waals surface area contributed by atoms with Crippen LogP contribution in [0.25, 0.3) is 0 Å². The molecule has 0 spiro atoms. The zero-order valence-corrected chi connectivity index (χ0v) is 14.5. The van der Waals surface area contributed by atoms with Crippen LogP contribution in [0, 0.1) is 13.8 Å². The summed E-state index contributed by atoms with van der Waals surface area (Å²) in [6.45, 7) is 6.25. The zero-order valence-electron chi connectivity index (χ0n) is 14.5. The minimum Gasteiger partial charge on any atom is -0.493 e. The summed E-state index contributed by atoms with van der Waals surface area (Å²) in [5.41, 5.74) is 5.15. The van der Waals surface area contributed by atoms with Gasteiger partial charge in [-0.1, -0.05) is 12.1 Å². The van der Waals surface area contributed by atoms with E-state index in [9.17, 15) is 4.79 Å². The first-order valence-electron chi connectivity index (χ1n) is 8.59. The maximum atomic E-state index is 12.9. The number of carbonyl (C=O) groups is 1. The van der Waals surface area contributed by atoms with Gasteiger partial charge in [0.25, 0.3) is 5.91 Å². The van der Waals surface area contributed by atoms with Gasteiger partial charge in [-0.3, -0.25) is 9.48 Å². The molecule has 2 aromatic rings. The highest BCUT2D eigenvalue weighted by Gasteiger charge is 2.31. The van der Waals surface area contributed by atoms with Gasteiger partial charge in [0.15, 0.2) is 0 Å². The third-order valence-electron chi connectivity index (χ3n) is 5.38. The molecule has 5 nitrogen and oxygen atoms in total. The fourth-order valence-corrected chi connectivity index (χ4v) is 3.92. The van der Waals surface area contributed by atoms with E-state index < -0.39 is 0 Å². The Morgan fingerprint density at radius 3 is 2.92 bits per heavy atom. The van der Waals surface area contributed by atoms with Crippen molar-refractivity contribution in [2.24, 2.45) is 7.05 Å². The van der Waals surface area contributed by atoms with Gasteiger partial charge in [0.2, 0.25) is 0 Å². The molecule has 1 unspecified atom stereocenters. The van der Waals surface area contributed by atoms with Gasteiger partial charge in [-0.05, 0) is 37.5 Å². The number of nitrogens with zero attached hydrogens (tertiary/aromatic N) is 3. The molecule has 24 heavy (non-hydrogen) atoms. The standard InChI is InChI=1S/C19H23N3O2/c1-12-18(13(2)21(3)20-12)19(23)22-8-6-16(11-22)14-4-5-17-15(10-14)7-9-24-17/h4-5,10,16H,6-9,11H2,1-3H3. The smallest absolute Gasteiger partial charge is 0.257 e. The van der Waals surface area contributed by atoms with Crippen molar-refractivity contribution in [3.8, 4) is 5.75 Å². The summed E-state index contributed by atoms with van der Waals surface area (Å²) < 4.78 is 7.38. The predicted molar refractivity (Wildman–Crippen MR) is 91.6 cm³/mol. The lowest BCUT2D eigenvalue weighted by atomic mass is 9.96. The van der Waals surface area contributed by atoms with Crippen molar-refractivity contribution in [1.29, 1.82) is 0 Å². The van der Waals surface area contributed by atoms with E-state index >= 15 is 0 Å². The first kappa shape index (κ1) is 15.2. The van der Waals surface area contributed by atoms with E-state index in [2.05, 4.69) is 23.3 Å². The van der Waals surface area contributed by atoms with E-state index in [1.807, 2.05) is 25.8 Å². The van der Waals surface area contributed by atoms with Gasteiger partial charge in [-0.15, -0.1) is 0 Å². The monoisotopic (exact) mass is 325 g/mol. The number of aromatic nitrogens is 2. The van der Waals surface area contributed by atoms with Gasteiger partial charge >= 0.3 is 0 Å². The Kier molecular flexibility index (Phi) is 3.59. The molecule has 1 amide bonds. The van der Waals surface area contributed by atoms with Crippen LogP contribution in [0.4, 0.5) is 0 Å². The molecule has 2 aliphatic rings. The first-order valence-corrected chi connectivity index (χ1v) is 8.59. The fourth-order valence-electron chi connectivity index (χ4n) is 3.92. The van der Waals surface area contributed by atoms with E-state index in [0.717, 1.165) is 55.2 Å². The maximum Gasteiger partial charge on any atom is 0.257 e. The highest BCUT2D eigenvalue weighted by Crippen LogP contribution is 2.33. The number of amides is 1. The Labute approximate surface area is 142 Å². The van der Waals surface area contributed by atoms with E-state index in [1.54, 1.807) is 4.68 Å². The number of benzene rings is 1. The van der Waals surface area contributed by atoms with Crippen LogP contribution in [0.5, 0.6) is 5.75 Å². The number of hydrogen-bond acceptors (Lipinski definition) is 3. The summed E-state index contributed by atoms with van der Waals surface area (Å²) in [5, 5.41) is 4.37. The Morgan fingerprint density at radius 1 is 1.33 bits per heavy atom. The van der Waals surface area contributed by atoms with Gasteiger partial charge in [-0.25, -0.2) is 0 Å². The highest BCUT2D eigenvalue weighted by molar-refractivity contribution is 5.96. The van der Waals surface area contributed by atoms with Crippen LogP contribution in [-0.4, -0.2) is 40.3 Å². The van der Waals surface area contributed by atoms with E-state index in [-0.39, 0.29) is 5.91 Å². The number of likely N-dealkylation sites (tertiary alicyclic amines) is 1. The Balaban J connectivity index is 1.53. The molecular weight excluding hydrogens is 302 g/mol. The van der Waals surface area contributed by atoms with Crippen molar-refractivity contribution < 1.29 is 9.53 Å². The Morgan fingerprint density at radius 2 is 2.17 bits per heavy atom. The second-order valence-corrected chi connectivity index (χ2v) is 6.87. The van der Waals surface area contributed by atoms with Crippen molar-refractivity contribution >= 4 is 5.91 Å². The van der Waals surface area contributed by atoms with Crippen molar-refractivity contribution in [3.63, 3.8) is 0 Å². The third-order valence-corrected chi connectivity index (χ3v) is 5.38. The van der Waals surface area contributed by atoms with E-state index in [0.29, 0.717) is 5.92 Å². The van der Waals surface area contributed by atoms with Crippen LogP contribution in [0.1, 0.15) is 45.2 Å². The molecule has 0 radical (unpaired) electrons. The molecular formula is C19H23N3O2. The molecule has 1 aromatic heterocycles. The summed E-state index contributed by atoms with van der Waals surface area (Å²) in [4.78, 5) is 14.9. The van der Waals surface area contributed by atoms with Crippen LogP contribution in [-0.2, 0) is 13.5 Å². The number of aryl methyl sites for hydroxylation is 2. The minimum atomic E-state index is 0.116. The lowest BCUT2D eigenvalue weighted by molar-refractivity contribution is 0.0789. The lowest BCUT2D eigenvalue weighted by Gasteiger charge is -2.17. The lowest BCUT2D eigenvalue weighted by Crippen LogP contribution is -2.29. The largest absolute Gasteiger partial charge is 0.493 e. The Bertz CT molecular complexity index is 809. The molecule has 0 bridgehead atoms. The summed E-state index contributed by atoms with van der Waals surface area (Å²) in [7, 11) is 1.89. The van der Waals surface area contributed by atoms with Crippen LogP contribution in [0.3, 0.4) is 0 Å². The zero-order chi connectivity index (χ0) is 16.8. The molecule has 1 aromatic carbocycles. The number of carbonyl (C=O) groups excluding carboxylic acids is 1. The molecule has 5 heteroatoms. The summed E-state index contributed by atoms with van der Waals surface area (Å²) in [5.74, 6) is 1.55. The van der Waals surface area contributed by atoms with Crippen molar-refractivity contribution in [2.45, 2.75) is 32.6 Å². The van der Waals surface area contributed by atoms with Gasteiger partial charge in [-0.2, -0.15) is 5.10 Å². The normalized spacial score (nSPS) is 19.5. The second kappa shape index (κ2) is 5.65. The molecule has 1 fully saturated rings. The van der Waals surface area contributed by atoms with E-state index in [1.165, 1.54) is 11.1 Å². The van der Waals surface area contributed by atoms with Crippen LogP contribution in [0.15, 0.2) is 18.2 Å². The fraction of sp³-hybridized carbons (Fsp3) is 0.474. The average Bonchev–Trinajstić information content (AvgIpc) is 3.27. The minimum absolute atomic E-state index is 0.116. The maximum absolute atomic E-state index is 12.9.